The number of ether oxygens (including phenoxy) is 3. The average Bonchev–Trinajstić information content (AvgIpc) is 2.96. The number of benzene rings is 3. The van der Waals surface area contributed by atoms with E-state index in [0.29, 0.717) is 22.6 Å². The van der Waals surface area contributed by atoms with Gasteiger partial charge in [-0.25, -0.2) is 0 Å². The second-order valence-corrected chi connectivity index (χ2v) is 12.2. The molecule has 1 fully saturated rings. The van der Waals surface area contributed by atoms with E-state index in [1.165, 1.54) is 6.42 Å². The van der Waals surface area contributed by atoms with Gasteiger partial charge < -0.3 is 29.0 Å². The van der Waals surface area contributed by atoms with Crippen LogP contribution in [0.25, 0.3) is 0 Å². The van der Waals surface area contributed by atoms with Gasteiger partial charge >= 0.3 is 0 Å². The minimum absolute atomic E-state index is 0.0785. The molecule has 3 aromatic rings. The molecule has 1 N–H and O–H groups in total. The van der Waals surface area contributed by atoms with Crippen LogP contribution < -0.4 is 29.7 Å². The molecule has 0 saturated heterocycles. The summed E-state index contributed by atoms with van der Waals surface area (Å²) in [4.78, 5) is 2.02. The Bertz CT molecular complexity index is 1200. The van der Waals surface area contributed by atoms with E-state index in [2.05, 4.69) is 5.32 Å². The molecule has 38 heavy (non-hydrogen) atoms. The van der Waals surface area contributed by atoms with Crippen LogP contribution in [0.5, 0.6) is 17.2 Å². The van der Waals surface area contributed by atoms with Crippen molar-refractivity contribution in [1.82, 2.24) is 0 Å². The molecular weight excluding hydrogens is 499 g/mol. The lowest BCUT2D eigenvalue weighted by Gasteiger charge is -2.34. The minimum Gasteiger partial charge on any atom is -0.493 e. The maximum Gasteiger partial charge on any atom is 0.258 e. The minimum atomic E-state index is -3.55. The van der Waals surface area contributed by atoms with Crippen molar-refractivity contribution < 1.29 is 23.3 Å². The Hall–Kier alpha value is -3.15. The van der Waals surface area contributed by atoms with E-state index in [1.807, 2.05) is 85.7 Å². The molecule has 1 aliphatic carbocycles. The smallest absolute Gasteiger partial charge is 0.258 e. The molecule has 1 aliphatic rings. The number of para-hydroxylation sites is 1. The molecule has 2 atom stereocenters. The molecule has 1 saturated carbocycles. The fourth-order valence-electron chi connectivity index (χ4n) is 4.94. The van der Waals surface area contributed by atoms with Crippen molar-refractivity contribution in [2.45, 2.75) is 44.0 Å². The van der Waals surface area contributed by atoms with Crippen LogP contribution in [0.1, 0.15) is 43.5 Å². The van der Waals surface area contributed by atoms with Gasteiger partial charge in [-0.2, -0.15) is 0 Å². The lowest BCUT2D eigenvalue weighted by Crippen LogP contribution is -2.25. The third-order valence-electron chi connectivity index (χ3n) is 7.00. The molecule has 0 amide bonds. The van der Waals surface area contributed by atoms with Crippen LogP contribution in [-0.4, -0.2) is 41.5 Å². The molecule has 8 heteroatoms. The van der Waals surface area contributed by atoms with E-state index < -0.39 is 13.2 Å². The second-order valence-electron chi connectivity index (χ2n) is 9.74. The number of hydrogen-bond acceptors (Lipinski definition) is 7. The third kappa shape index (κ3) is 6.11. The summed E-state index contributed by atoms with van der Waals surface area (Å²) in [6.45, 7) is 0. The zero-order chi connectivity index (χ0) is 27.1. The fourth-order valence-corrected chi connectivity index (χ4v) is 7.56. The summed E-state index contributed by atoms with van der Waals surface area (Å²) < 4.78 is 39.0. The predicted octanol–water partition coefficient (Wildman–Crippen LogP) is 6.84. The van der Waals surface area contributed by atoms with Gasteiger partial charge in [0.15, 0.2) is 11.5 Å². The van der Waals surface area contributed by atoms with Crippen LogP contribution in [0, 0.1) is 0 Å². The van der Waals surface area contributed by atoms with Crippen LogP contribution in [-0.2, 0) is 9.09 Å². The quantitative estimate of drug-likeness (QED) is 0.268. The first-order chi connectivity index (χ1) is 18.4. The summed E-state index contributed by atoms with van der Waals surface area (Å²) in [6, 6.07) is 21.3. The van der Waals surface area contributed by atoms with Gasteiger partial charge in [0.2, 0.25) is 5.75 Å². The zero-order valence-electron chi connectivity index (χ0n) is 23.0. The molecule has 0 aliphatic heterocycles. The summed E-state index contributed by atoms with van der Waals surface area (Å²) in [7, 11) is 5.16. The van der Waals surface area contributed by atoms with E-state index in [0.717, 1.165) is 42.6 Å². The first kappa shape index (κ1) is 27.9. The van der Waals surface area contributed by atoms with E-state index in [4.69, 9.17) is 18.7 Å². The van der Waals surface area contributed by atoms with Gasteiger partial charge in [-0.15, -0.1) is 0 Å². The SMILES string of the molecule is COc1cc([C@@H](Nc2ccccc2)[P@](=O)(OC2CCCCC2)c2ccc(N(C)C)cc2)cc(OC)c1OC. The topological polar surface area (TPSA) is 69.3 Å². The van der Waals surface area contributed by atoms with Crippen molar-refractivity contribution >= 4 is 24.0 Å². The summed E-state index contributed by atoms with van der Waals surface area (Å²) in [5.74, 6) is 0.768. The first-order valence-corrected chi connectivity index (χ1v) is 14.8. The molecule has 0 heterocycles. The zero-order valence-corrected chi connectivity index (χ0v) is 23.9. The number of nitrogens with zero attached hydrogens (tertiary/aromatic N) is 1. The summed E-state index contributed by atoms with van der Waals surface area (Å²) in [6.07, 6.45) is 5.04. The Morgan fingerprint density at radius 3 is 1.97 bits per heavy atom. The van der Waals surface area contributed by atoms with E-state index in [9.17, 15) is 0 Å². The van der Waals surface area contributed by atoms with E-state index in [-0.39, 0.29) is 6.10 Å². The molecule has 4 rings (SSSR count). The van der Waals surface area contributed by atoms with Gasteiger partial charge in [0, 0.05) is 30.8 Å². The van der Waals surface area contributed by atoms with E-state index >= 15 is 4.57 Å². The summed E-state index contributed by atoms with van der Waals surface area (Å²) >= 11 is 0. The van der Waals surface area contributed by atoms with Crippen molar-refractivity contribution in [2.24, 2.45) is 0 Å². The third-order valence-corrected chi connectivity index (χ3v) is 9.74. The lowest BCUT2D eigenvalue weighted by molar-refractivity contribution is 0.159. The fraction of sp³-hybridized carbons (Fsp3) is 0.400. The Labute approximate surface area is 226 Å². The first-order valence-electron chi connectivity index (χ1n) is 13.1. The number of methoxy groups -OCH3 is 3. The van der Waals surface area contributed by atoms with Gasteiger partial charge in [-0.05, 0) is 66.9 Å². The molecule has 0 radical (unpaired) electrons. The molecule has 0 spiro atoms. The molecule has 0 aromatic heterocycles. The van der Waals surface area contributed by atoms with Crippen molar-refractivity contribution in [3.8, 4) is 17.2 Å². The van der Waals surface area contributed by atoms with Crippen LogP contribution in [0.3, 0.4) is 0 Å². The van der Waals surface area contributed by atoms with Crippen LogP contribution in [0.2, 0.25) is 0 Å². The number of nitrogens with one attached hydrogen (secondary N) is 1. The average molecular weight is 539 g/mol. The largest absolute Gasteiger partial charge is 0.493 e. The van der Waals surface area contributed by atoms with Gasteiger partial charge in [0.1, 0.15) is 5.78 Å². The van der Waals surface area contributed by atoms with Gasteiger partial charge in [0.05, 0.1) is 27.4 Å². The molecule has 204 valence electrons. The van der Waals surface area contributed by atoms with Crippen molar-refractivity contribution in [3.63, 3.8) is 0 Å². The van der Waals surface area contributed by atoms with Crippen molar-refractivity contribution in [1.29, 1.82) is 0 Å². The maximum absolute atomic E-state index is 15.4. The molecule has 0 bridgehead atoms. The van der Waals surface area contributed by atoms with Crippen molar-refractivity contribution in [3.05, 3.63) is 72.3 Å². The standard InChI is InChI=1S/C30H39N2O5P/c1-32(2)24-16-18-26(19-17-24)38(33,37-25-14-10-7-11-15-25)30(31-23-12-8-6-9-13-23)22-20-27(34-3)29(36-5)28(21-22)35-4/h6,8-9,12-13,16-21,25,30-31H,7,10-11,14-15H2,1-5H3/t30-,38+/m0/s1. The molecular formula is C30H39N2O5P. The lowest BCUT2D eigenvalue weighted by atomic mass is 9.98. The Morgan fingerprint density at radius 2 is 1.45 bits per heavy atom. The number of rotatable bonds is 11. The number of hydrogen-bond donors (Lipinski definition) is 1. The van der Waals surface area contributed by atoms with Crippen LogP contribution >= 0.6 is 7.37 Å². The highest BCUT2D eigenvalue weighted by molar-refractivity contribution is 7.67. The number of anilines is 2. The van der Waals surface area contributed by atoms with Gasteiger partial charge in [-0.1, -0.05) is 37.5 Å². The highest BCUT2D eigenvalue weighted by Gasteiger charge is 2.41. The highest BCUT2D eigenvalue weighted by atomic mass is 31.2. The van der Waals surface area contributed by atoms with Crippen molar-refractivity contribution in [2.75, 3.05) is 45.6 Å². The van der Waals surface area contributed by atoms with E-state index in [1.54, 1.807) is 21.3 Å². The van der Waals surface area contributed by atoms with Crippen LogP contribution in [0.4, 0.5) is 11.4 Å². The molecule has 0 unspecified atom stereocenters. The van der Waals surface area contributed by atoms with Gasteiger partial charge in [0.25, 0.3) is 7.37 Å². The summed E-state index contributed by atoms with van der Waals surface area (Å²) in [5, 5.41) is 4.21. The van der Waals surface area contributed by atoms with Crippen LogP contribution in [0.15, 0.2) is 66.7 Å². The monoisotopic (exact) mass is 538 g/mol. The Balaban J connectivity index is 1.90. The molecule has 7 nitrogen and oxygen atoms in total. The molecule has 3 aromatic carbocycles. The highest BCUT2D eigenvalue weighted by Crippen LogP contribution is 2.61. The Kier molecular flexibility index (Phi) is 9.24. The second kappa shape index (κ2) is 12.6. The Morgan fingerprint density at radius 1 is 0.842 bits per heavy atom. The van der Waals surface area contributed by atoms with Gasteiger partial charge in [-0.3, -0.25) is 4.57 Å². The maximum atomic E-state index is 15.4. The normalized spacial score (nSPS) is 16.2. The summed E-state index contributed by atoms with van der Waals surface area (Å²) in [5.41, 5.74) is 2.58. The predicted molar refractivity (Wildman–Crippen MR) is 155 cm³/mol.